The Kier molecular flexibility index (Phi) is 5.92. The third-order valence-corrected chi connectivity index (χ3v) is 5.67. The Morgan fingerprint density at radius 1 is 0.857 bits per heavy atom. The number of hydrogen-bond donors (Lipinski definition) is 2. The van der Waals surface area contributed by atoms with Gasteiger partial charge in [0.1, 0.15) is 0 Å². The van der Waals surface area contributed by atoms with E-state index in [1.807, 2.05) is 56.3 Å². The molecule has 0 aromatic heterocycles. The predicted octanol–water partition coefficient (Wildman–Crippen LogP) is 4.03. The van der Waals surface area contributed by atoms with Gasteiger partial charge in [-0.25, -0.2) is 13.1 Å². The van der Waals surface area contributed by atoms with E-state index in [9.17, 15) is 13.2 Å². The van der Waals surface area contributed by atoms with Crippen molar-refractivity contribution in [2.24, 2.45) is 0 Å². The summed E-state index contributed by atoms with van der Waals surface area (Å²) in [6.07, 6.45) is 0. The maximum Gasteiger partial charge on any atom is 0.255 e. The Bertz CT molecular complexity index is 1090. The molecular weight excluding hydrogens is 372 g/mol. The first-order valence-electron chi connectivity index (χ1n) is 8.87. The molecule has 0 radical (unpaired) electrons. The minimum absolute atomic E-state index is 0.0523. The lowest BCUT2D eigenvalue weighted by Gasteiger charge is -2.10. The molecule has 0 saturated heterocycles. The Balaban J connectivity index is 1.73. The van der Waals surface area contributed by atoms with E-state index in [-0.39, 0.29) is 22.9 Å². The summed E-state index contributed by atoms with van der Waals surface area (Å²) in [6, 6.07) is 21.0. The van der Waals surface area contributed by atoms with Gasteiger partial charge >= 0.3 is 0 Å². The molecule has 28 heavy (non-hydrogen) atoms. The number of rotatable bonds is 6. The summed E-state index contributed by atoms with van der Waals surface area (Å²) in [5.41, 5.74) is 3.94. The van der Waals surface area contributed by atoms with E-state index in [4.69, 9.17) is 0 Å². The fourth-order valence-electron chi connectivity index (χ4n) is 2.70. The van der Waals surface area contributed by atoms with Crippen molar-refractivity contribution in [1.82, 2.24) is 4.72 Å². The van der Waals surface area contributed by atoms with Crippen molar-refractivity contribution in [3.8, 4) is 0 Å². The van der Waals surface area contributed by atoms with E-state index in [0.29, 0.717) is 5.69 Å². The fraction of sp³-hybridized carbons (Fsp3) is 0.136. The molecule has 3 rings (SSSR count). The van der Waals surface area contributed by atoms with Crippen LogP contribution >= 0.6 is 0 Å². The summed E-state index contributed by atoms with van der Waals surface area (Å²) in [5, 5.41) is 2.79. The van der Waals surface area contributed by atoms with Crippen LogP contribution in [0.3, 0.4) is 0 Å². The summed E-state index contributed by atoms with van der Waals surface area (Å²) < 4.78 is 27.8. The summed E-state index contributed by atoms with van der Waals surface area (Å²) in [7, 11) is -3.73. The van der Waals surface area contributed by atoms with Gasteiger partial charge in [-0.05, 0) is 55.3 Å². The predicted molar refractivity (Wildman–Crippen MR) is 111 cm³/mol. The first-order valence-corrected chi connectivity index (χ1v) is 10.4. The van der Waals surface area contributed by atoms with Crippen LogP contribution < -0.4 is 10.0 Å². The van der Waals surface area contributed by atoms with E-state index in [1.54, 1.807) is 18.2 Å². The van der Waals surface area contributed by atoms with Gasteiger partial charge in [0.15, 0.2) is 0 Å². The van der Waals surface area contributed by atoms with E-state index in [1.165, 1.54) is 12.1 Å². The number of carbonyl (C=O) groups excluding carboxylic acids is 1. The number of sulfonamides is 1. The minimum Gasteiger partial charge on any atom is -0.322 e. The van der Waals surface area contributed by atoms with Gasteiger partial charge in [-0.2, -0.15) is 0 Å². The van der Waals surface area contributed by atoms with Crippen molar-refractivity contribution in [1.29, 1.82) is 0 Å². The number of hydrogen-bond acceptors (Lipinski definition) is 3. The quantitative estimate of drug-likeness (QED) is 0.663. The average molecular weight is 394 g/mol. The topological polar surface area (TPSA) is 75.3 Å². The van der Waals surface area contributed by atoms with Crippen LogP contribution in [-0.4, -0.2) is 14.3 Å². The lowest BCUT2D eigenvalue weighted by molar-refractivity contribution is 0.102. The molecule has 2 N–H and O–H groups in total. The Morgan fingerprint density at radius 3 is 2.29 bits per heavy atom. The molecule has 0 saturated carbocycles. The van der Waals surface area contributed by atoms with E-state index in [2.05, 4.69) is 10.0 Å². The highest BCUT2D eigenvalue weighted by molar-refractivity contribution is 7.89. The van der Waals surface area contributed by atoms with Crippen LogP contribution in [0.2, 0.25) is 0 Å². The molecule has 0 unspecified atom stereocenters. The van der Waals surface area contributed by atoms with Crippen LogP contribution in [0.25, 0.3) is 0 Å². The van der Waals surface area contributed by atoms with Crippen LogP contribution in [0.4, 0.5) is 5.69 Å². The number of nitrogens with one attached hydrogen (secondary N) is 2. The van der Waals surface area contributed by atoms with Crippen LogP contribution in [0, 0.1) is 13.8 Å². The molecule has 144 valence electrons. The van der Waals surface area contributed by atoms with Crippen molar-refractivity contribution < 1.29 is 13.2 Å². The molecule has 0 spiro atoms. The number of carbonyl (C=O) groups is 1. The zero-order valence-corrected chi connectivity index (χ0v) is 16.6. The van der Waals surface area contributed by atoms with Gasteiger partial charge < -0.3 is 5.32 Å². The third kappa shape index (κ3) is 5.06. The molecule has 0 atom stereocenters. The molecule has 0 heterocycles. The summed E-state index contributed by atoms with van der Waals surface area (Å²) in [4.78, 5) is 12.5. The smallest absolute Gasteiger partial charge is 0.255 e. The highest BCUT2D eigenvalue weighted by Gasteiger charge is 2.16. The Labute approximate surface area is 165 Å². The van der Waals surface area contributed by atoms with Crippen LogP contribution in [0.15, 0.2) is 77.7 Å². The molecule has 1 amide bonds. The molecule has 6 heteroatoms. The molecular formula is C22H22N2O3S. The summed E-state index contributed by atoms with van der Waals surface area (Å²) in [5.74, 6) is -0.360. The zero-order chi connectivity index (χ0) is 20.1. The Hall–Kier alpha value is -2.96. The van der Waals surface area contributed by atoms with Gasteiger partial charge in [0.2, 0.25) is 10.0 Å². The van der Waals surface area contributed by atoms with Gasteiger partial charge in [0.25, 0.3) is 5.91 Å². The minimum atomic E-state index is -3.73. The largest absolute Gasteiger partial charge is 0.322 e. The lowest BCUT2D eigenvalue weighted by Crippen LogP contribution is -2.23. The number of aryl methyl sites for hydroxylation is 2. The second-order valence-electron chi connectivity index (χ2n) is 6.66. The van der Waals surface area contributed by atoms with E-state index in [0.717, 1.165) is 16.7 Å². The number of anilines is 1. The monoisotopic (exact) mass is 394 g/mol. The zero-order valence-electron chi connectivity index (χ0n) is 15.8. The molecule has 0 aliphatic carbocycles. The molecule has 0 aliphatic rings. The fourth-order valence-corrected chi connectivity index (χ4v) is 3.76. The second kappa shape index (κ2) is 8.37. The normalized spacial score (nSPS) is 11.2. The summed E-state index contributed by atoms with van der Waals surface area (Å²) in [6.45, 7) is 4.09. The van der Waals surface area contributed by atoms with Crippen LogP contribution in [0.1, 0.15) is 27.0 Å². The second-order valence-corrected chi connectivity index (χ2v) is 8.43. The highest BCUT2D eigenvalue weighted by Crippen LogP contribution is 2.15. The first-order chi connectivity index (χ1) is 13.3. The Morgan fingerprint density at radius 2 is 1.57 bits per heavy atom. The van der Waals surface area contributed by atoms with Crippen LogP contribution in [0.5, 0.6) is 0 Å². The van der Waals surface area contributed by atoms with Gasteiger partial charge in [-0.1, -0.05) is 48.0 Å². The average Bonchev–Trinajstić information content (AvgIpc) is 2.68. The van der Waals surface area contributed by atoms with Crippen molar-refractivity contribution in [3.05, 3.63) is 95.1 Å². The van der Waals surface area contributed by atoms with Crippen molar-refractivity contribution in [2.45, 2.75) is 25.3 Å². The maximum absolute atomic E-state index is 12.6. The highest BCUT2D eigenvalue weighted by atomic mass is 32.2. The third-order valence-electron chi connectivity index (χ3n) is 4.27. The lowest BCUT2D eigenvalue weighted by atomic mass is 10.2. The number of amides is 1. The van der Waals surface area contributed by atoms with Gasteiger partial charge in [-0.3, -0.25) is 4.79 Å². The summed E-state index contributed by atoms with van der Waals surface area (Å²) >= 11 is 0. The molecule has 3 aromatic carbocycles. The standard InChI is InChI=1S/C22H22N2O3S/c1-16-9-11-18(12-10-16)15-23-28(26,27)21-8-4-6-19(14-21)22(25)24-20-7-3-5-17(2)13-20/h3-14,23H,15H2,1-2H3,(H,24,25). The van der Waals surface area contributed by atoms with Crippen molar-refractivity contribution in [3.63, 3.8) is 0 Å². The number of benzene rings is 3. The van der Waals surface area contributed by atoms with Gasteiger partial charge in [-0.15, -0.1) is 0 Å². The molecule has 0 bridgehead atoms. The maximum atomic E-state index is 12.6. The van der Waals surface area contributed by atoms with E-state index < -0.39 is 10.0 Å². The van der Waals surface area contributed by atoms with Crippen LogP contribution in [-0.2, 0) is 16.6 Å². The SMILES string of the molecule is Cc1ccc(CNS(=O)(=O)c2cccc(C(=O)Nc3cccc(C)c3)c2)cc1. The van der Waals surface area contributed by atoms with Gasteiger partial charge in [0.05, 0.1) is 4.90 Å². The molecule has 0 aliphatic heterocycles. The first kappa shape index (κ1) is 19.8. The van der Waals surface area contributed by atoms with Crippen molar-refractivity contribution in [2.75, 3.05) is 5.32 Å². The van der Waals surface area contributed by atoms with Gasteiger partial charge in [0, 0.05) is 17.8 Å². The molecule has 0 fully saturated rings. The molecule has 3 aromatic rings. The molecule has 5 nitrogen and oxygen atoms in total. The van der Waals surface area contributed by atoms with E-state index >= 15 is 0 Å². The van der Waals surface area contributed by atoms with Crippen molar-refractivity contribution >= 4 is 21.6 Å².